The van der Waals surface area contributed by atoms with E-state index in [0.717, 1.165) is 25.7 Å². The fourth-order valence-corrected chi connectivity index (χ4v) is 3.63. The van der Waals surface area contributed by atoms with Gasteiger partial charge in [0.2, 0.25) is 0 Å². The summed E-state index contributed by atoms with van der Waals surface area (Å²) in [5.41, 5.74) is 5.86. The molecule has 3 atom stereocenters. The van der Waals surface area contributed by atoms with Crippen molar-refractivity contribution in [1.82, 2.24) is 16.0 Å². The summed E-state index contributed by atoms with van der Waals surface area (Å²) in [5, 5.41) is 7.92. The van der Waals surface area contributed by atoms with Gasteiger partial charge in [-0.05, 0) is 49.9 Å². The molecule has 25 heavy (non-hydrogen) atoms. The van der Waals surface area contributed by atoms with Crippen LogP contribution < -0.4 is 21.7 Å². The highest BCUT2D eigenvalue weighted by molar-refractivity contribution is 6.07. The number of imide groups is 1. The molecular formula is C18H24N4O3. The van der Waals surface area contributed by atoms with Gasteiger partial charge in [-0.15, -0.1) is 0 Å². The Balaban J connectivity index is 1.71. The van der Waals surface area contributed by atoms with E-state index in [1.54, 1.807) is 31.2 Å². The molecule has 1 saturated heterocycles. The molecule has 0 aromatic heterocycles. The Bertz CT molecular complexity index is 688. The minimum absolute atomic E-state index is 0.114. The lowest BCUT2D eigenvalue weighted by Gasteiger charge is -2.31. The minimum Gasteiger partial charge on any atom is -0.349 e. The van der Waals surface area contributed by atoms with Crippen molar-refractivity contribution in [3.8, 4) is 0 Å². The Morgan fingerprint density at radius 3 is 2.52 bits per heavy atom. The third-order valence-electron chi connectivity index (χ3n) is 5.30. The van der Waals surface area contributed by atoms with E-state index in [1.807, 2.05) is 0 Å². The zero-order valence-electron chi connectivity index (χ0n) is 14.3. The summed E-state index contributed by atoms with van der Waals surface area (Å²) in [6.45, 7) is 2.22. The Kier molecular flexibility index (Phi) is 4.76. The quantitative estimate of drug-likeness (QED) is 0.610. The lowest BCUT2D eigenvalue weighted by molar-refractivity contribution is -0.123. The van der Waals surface area contributed by atoms with Crippen LogP contribution in [0.25, 0.3) is 0 Å². The molecule has 0 bridgehead atoms. The van der Waals surface area contributed by atoms with Gasteiger partial charge < -0.3 is 16.4 Å². The van der Waals surface area contributed by atoms with Gasteiger partial charge in [-0.3, -0.25) is 14.9 Å². The fourth-order valence-electron chi connectivity index (χ4n) is 3.63. The summed E-state index contributed by atoms with van der Waals surface area (Å²) in [6.07, 6.45) is 4.27. The second kappa shape index (κ2) is 6.84. The van der Waals surface area contributed by atoms with Crippen molar-refractivity contribution in [2.45, 2.75) is 44.2 Å². The lowest BCUT2D eigenvalue weighted by atomic mass is 9.84. The summed E-state index contributed by atoms with van der Waals surface area (Å²) in [5.74, 6) is -0.210. The molecule has 1 aromatic carbocycles. The van der Waals surface area contributed by atoms with E-state index < -0.39 is 17.5 Å². The van der Waals surface area contributed by atoms with E-state index in [2.05, 4.69) is 16.0 Å². The van der Waals surface area contributed by atoms with Gasteiger partial charge in [0.1, 0.15) is 5.54 Å². The van der Waals surface area contributed by atoms with E-state index in [4.69, 9.17) is 5.73 Å². The molecule has 5 N–H and O–H groups in total. The molecule has 1 aromatic rings. The van der Waals surface area contributed by atoms with Crippen molar-refractivity contribution in [2.75, 3.05) is 6.54 Å². The molecule has 1 heterocycles. The Morgan fingerprint density at radius 2 is 1.92 bits per heavy atom. The van der Waals surface area contributed by atoms with E-state index >= 15 is 0 Å². The van der Waals surface area contributed by atoms with Gasteiger partial charge in [0.05, 0.1) is 0 Å². The second-order valence-electron chi connectivity index (χ2n) is 6.97. The van der Waals surface area contributed by atoms with Crippen LogP contribution in [-0.2, 0) is 10.3 Å². The largest absolute Gasteiger partial charge is 0.349 e. The molecule has 4 amide bonds. The Morgan fingerprint density at radius 1 is 1.24 bits per heavy atom. The molecule has 1 saturated carbocycles. The molecule has 0 radical (unpaired) electrons. The molecule has 3 unspecified atom stereocenters. The first-order valence-corrected chi connectivity index (χ1v) is 8.69. The fraction of sp³-hybridized carbons (Fsp3) is 0.500. The van der Waals surface area contributed by atoms with Gasteiger partial charge in [0, 0.05) is 11.6 Å². The number of urea groups is 1. The summed E-state index contributed by atoms with van der Waals surface area (Å²) < 4.78 is 0. The van der Waals surface area contributed by atoms with Gasteiger partial charge >= 0.3 is 6.03 Å². The normalized spacial score (nSPS) is 29.0. The van der Waals surface area contributed by atoms with Crippen LogP contribution in [0.4, 0.5) is 4.79 Å². The zero-order valence-corrected chi connectivity index (χ0v) is 14.3. The SMILES string of the molecule is CC1(c2ccc(C(=O)NC3CCCCC3CN)cc2)NC(=O)NC1=O. The first kappa shape index (κ1) is 17.4. The molecule has 1 aliphatic heterocycles. The third kappa shape index (κ3) is 3.37. The molecule has 0 spiro atoms. The van der Waals surface area contributed by atoms with Gasteiger partial charge in [-0.2, -0.15) is 0 Å². The van der Waals surface area contributed by atoms with Crippen molar-refractivity contribution < 1.29 is 14.4 Å². The number of rotatable bonds is 4. The van der Waals surface area contributed by atoms with Crippen LogP contribution in [0.1, 0.15) is 48.5 Å². The first-order valence-electron chi connectivity index (χ1n) is 8.69. The van der Waals surface area contributed by atoms with Crippen LogP contribution in [0.5, 0.6) is 0 Å². The lowest BCUT2D eigenvalue weighted by Crippen LogP contribution is -2.44. The van der Waals surface area contributed by atoms with E-state index in [1.165, 1.54) is 0 Å². The van der Waals surface area contributed by atoms with Crippen molar-refractivity contribution >= 4 is 17.8 Å². The number of benzene rings is 1. The maximum absolute atomic E-state index is 12.5. The molecule has 134 valence electrons. The molecule has 1 aliphatic carbocycles. The predicted octanol–water partition coefficient (Wildman–Crippen LogP) is 0.989. The van der Waals surface area contributed by atoms with Crippen molar-refractivity contribution in [1.29, 1.82) is 0 Å². The Hall–Kier alpha value is -2.41. The smallest absolute Gasteiger partial charge is 0.322 e. The van der Waals surface area contributed by atoms with E-state index in [0.29, 0.717) is 23.6 Å². The van der Waals surface area contributed by atoms with Gasteiger partial charge in [0.15, 0.2) is 0 Å². The summed E-state index contributed by atoms with van der Waals surface area (Å²) in [7, 11) is 0. The summed E-state index contributed by atoms with van der Waals surface area (Å²) in [4.78, 5) is 35.9. The summed E-state index contributed by atoms with van der Waals surface area (Å²) >= 11 is 0. The Labute approximate surface area is 146 Å². The highest BCUT2D eigenvalue weighted by Gasteiger charge is 2.43. The molecule has 7 heteroatoms. The topological polar surface area (TPSA) is 113 Å². The number of carbonyl (C=O) groups excluding carboxylic acids is 3. The van der Waals surface area contributed by atoms with Crippen molar-refractivity contribution in [3.63, 3.8) is 0 Å². The predicted molar refractivity (Wildman–Crippen MR) is 92.7 cm³/mol. The maximum atomic E-state index is 12.5. The second-order valence-corrected chi connectivity index (χ2v) is 6.97. The molecule has 2 fully saturated rings. The molecule has 3 rings (SSSR count). The molecule has 2 aliphatic rings. The van der Waals surface area contributed by atoms with Gasteiger partial charge in [-0.1, -0.05) is 25.0 Å². The monoisotopic (exact) mass is 344 g/mol. The number of amides is 4. The zero-order chi connectivity index (χ0) is 18.0. The van der Waals surface area contributed by atoms with Crippen LogP contribution >= 0.6 is 0 Å². The van der Waals surface area contributed by atoms with E-state index in [-0.39, 0.29) is 11.9 Å². The first-order chi connectivity index (χ1) is 11.9. The van der Waals surface area contributed by atoms with Crippen LogP contribution in [0.3, 0.4) is 0 Å². The van der Waals surface area contributed by atoms with Crippen LogP contribution in [0.2, 0.25) is 0 Å². The van der Waals surface area contributed by atoms with E-state index in [9.17, 15) is 14.4 Å². The number of carbonyl (C=O) groups is 3. The van der Waals surface area contributed by atoms with Crippen LogP contribution in [-0.4, -0.2) is 30.4 Å². The number of nitrogens with two attached hydrogens (primary N) is 1. The van der Waals surface area contributed by atoms with Crippen molar-refractivity contribution in [2.24, 2.45) is 11.7 Å². The van der Waals surface area contributed by atoms with Gasteiger partial charge in [0.25, 0.3) is 11.8 Å². The standard InChI is InChI=1S/C18H24N4O3/c1-18(16(24)21-17(25)22-18)13-8-6-11(7-9-13)15(23)20-14-5-3-2-4-12(14)10-19/h6-9,12,14H,2-5,10,19H2,1H3,(H,20,23)(H2,21,22,24,25). The highest BCUT2D eigenvalue weighted by atomic mass is 16.2. The molecule has 7 nitrogen and oxygen atoms in total. The highest BCUT2D eigenvalue weighted by Crippen LogP contribution is 2.26. The average Bonchev–Trinajstić information content (AvgIpc) is 2.88. The number of hydrogen-bond acceptors (Lipinski definition) is 4. The maximum Gasteiger partial charge on any atom is 0.322 e. The third-order valence-corrected chi connectivity index (χ3v) is 5.30. The van der Waals surface area contributed by atoms with Crippen LogP contribution in [0.15, 0.2) is 24.3 Å². The summed E-state index contributed by atoms with van der Waals surface area (Å²) in [6, 6.07) is 6.34. The minimum atomic E-state index is -1.11. The molecular weight excluding hydrogens is 320 g/mol. The number of nitrogens with one attached hydrogen (secondary N) is 3. The number of hydrogen-bond donors (Lipinski definition) is 4. The van der Waals surface area contributed by atoms with Crippen molar-refractivity contribution in [3.05, 3.63) is 35.4 Å². The van der Waals surface area contributed by atoms with Crippen LogP contribution in [0, 0.1) is 5.92 Å². The average molecular weight is 344 g/mol. The van der Waals surface area contributed by atoms with Gasteiger partial charge in [-0.25, -0.2) is 4.79 Å².